The van der Waals surface area contributed by atoms with Gasteiger partial charge in [0.25, 0.3) is 0 Å². The molecule has 0 saturated heterocycles. The Kier molecular flexibility index (Phi) is 2.61. The number of hydrogen-bond acceptors (Lipinski definition) is 4. The van der Waals surface area contributed by atoms with Crippen LogP contribution in [0.25, 0.3) is 0 Å². The summed E-state index contributed by atoms with van der Waals surface area (Å²) in [6, 6.07) is 4.14. The quantitative estimate of drug-likeness (QED) is 0.695. The third kappa shape index (κ3) is 1.77. The number of ether oxygens (including phenoxy) is 2. The van der Waals surface area contributed by atoms with Gasteiger partial charge in [-0.3, -0.25) is 0 Å². The molecule has 1 heterocycles. The van der Waals surface area contributed by atoms with Crippen LogP contribution in [0.3, 0.4) is 0 Å². The van der Waals surface area contributed by atoms with Gasteiger partial charge in [-0.05, 0) is 19.1 Å². The highest BCUT2D eigenvalue weighted by Crippen LogP contribution is 2.30. The molecule has 0 aliphatic carbocycles. The summed E-state index contributed by atoms with van der Waals surface area (Å²) in [7, 11) is 1.19. The van der Waals surface area contributed by atoms with Crippen molar-refractivity contribution in [2.45, 2.75) is 18.9 Å². The zero-order valence-corrected chi connectivity index (χ0v) is 9.45. The lowest BCUT2D eigenvalue weighted by Crippen LogP contribution is -2.46. The molecule has 5 heteroatoms. The van der Waals surface area contributed by atoms with Crippen LogP contribution in [0.2, 0.25) is 0 Å². The second-order valence-corrected chi connectivity index (χ2v) is 4.05. The van der Waals surface area contributed by atoms with Gasteiger partial charge in [0.2, 0.25) is 5.60 Å². The molecule has 1 unspecified atom stereocenters. The van der Waals surface area contributed by atoms with E-state index in [1.165, 1.54) is 32.2 Å². The average molecular weight is 238 g/mol. The van der Waals surface area contributed by atoms with E-state index in [4.69, 9.17) is 4.74 Å². The zero-order valence-electron chi connectivity index (χ0n) is 9.45. The summed E-state index contributed by atoms with van der Waals surface area (Å²) in [6.45, 7) is 1.41. The van der Waals surface area contributed by atoms with Crippen LogP contribution in [0.1, 0.15) is 22.8 Å². The van der Waals surface area contributed by atoms with Crippen molar-refractivity contribution in [3.05, 3.63) is 35.1 Å². The standard InChI is InChI=1S/C12H11FO4/c1-12(11(15)16-2)6-8-7(10(14)17-12)4-3-5-9(8)13/h3-5H,6H2,1-2H3. The van der Waals surface area contributed by atoms with Gasteiger partial charge in [0.15, 0.2) is 0 Å². The first kappa shape index (κ1) is 11.6. The first-order chi connectivity index (χ1) is 7.98. The molecule has 1 aliphatic heterocycles. The molecule has 0 fully saturated rings. The molecule has 0 spiro atoms. The fourth-order valence-electron chi connectivity index (χ4n) is 1.89. The van der Waals surface area contributed by atoms with E-state index < -0.39 is 23.4 Å². The van der Waals surface area contributed by atoms with Crippen LogP contribution in [0.4, 0.5) is 4.39 Å². The number of carbonyl (C=O) groups excluding carboxylic acids is 2. The van der Waals surface area contributed by atoms with Crippen molar-refractivity contribution in [2.75, 3.05) is 7.11 Å². The maximum absolute atomic E-state index is 13.6. The number of cyclic esters (lactones) is 1. The summed E-state index contributed by atoms with van der Waals surface area (Å²) >= 11 is 0. The molecule has 0 saturated carbocycles. The van der Waals surface area contributed by atoms with E-state index in [9.17, 15) is 14.0 Å². The van der Waals surface area contributed by atoms with Gasteiger partial charge in [0.05, 0.1) is 12.7 Å². The lowest BCUT2D eigenvalue weighted by atomic mass is 9.89. The predicted molar refractivity (Wildman–Crippen MR) is 55.9 cm³/mol. The fourth-order valence-corrected chi connectivity index (χ4v) is 1.89. The second kappa shape index (κ2) is 3.84. The van der Waals surface area contributed by atoms with Gasteiger partial charge >= 0.3 is 11.9 Å². The minimum Gasteiger partial charge on any atom is -0.466 e. The van der Waals surface area contributed by atoms with E-state index in [2.05, 4.69) is 4.74 Å². The zero-order chi connectivity index (χ0) is 12.6. The topological polar surface area (TPSA) is 52.6 Å². The number of rotatable bonds is 1. The minimum absolute atomic E-state index is 0.0204. The van der Waals surface area contributed by atoms with Crippen LogP contribution in [0.15, 0.2) is 18.2 Å². The minimum atomic E-state index is -1.46. The van der Waals surface area contributed by atoms with E-state index in [1.54, 1.807) is 0 Å². The Morgan fingerprint density at radius 2 is 2.24 bits per heavy atom. The number of fused-ring (bicyclic) bond motifs is 1. The Labute approximate surface area is 97.3 Å². The summed E-state index contributed by atoms with van der Waals surface area (Å²) in [4.78, 5) is 23.2. The third-order valence-corrected chi connectivity index (χ3v) is 2.79. The van der Waals surface area contributed by atoms with Crippen molar-refractivity contribution in [3.8, 4) is 0 Å². The van der Waals surface area contributed by atoms with E-state index in [0.717, 1.165) is 0 Å². The van der Waals surface area contributed by atoms with Crippen molar-refractivity contribution >= 4 is 11.9 Å². The fraction of sp³-hybridized carbons (Fsp3) is 0.333. The number of benzene rings is 1. The lowest BCUT2D eigenvalue weighted by Gasteiger charge is -2.31. The van der Waals surface area contributed by atoms with Crippen molar-refractivity contribution in [1.82, 2.24) is 0 Å². The van der Waals surface area contributed by atoms with Crippen molar-refractivity contribution in [2.24, 2.45) is 0 Å². The maximum Gasteiger partial charge on any atom is 0.350 e. The molecule has 1 aromatic rings. The monoisotopic (exact) mass is 238 g/mol. The summed E-state index contributed by atoms with van der Waals surface area (Å²) in [5, 5.41) is 0. The third-order valence-electron chi connectivity index (χ3n) is 2.79. The molecule has 0 radical (unpaired) electrons. The first-order valence-corrected chi connectivity index (χ1v) is 5.07. The van der Waals surface area contributed by atoms with Crippen LogP contribution in [0.5, 0.6) is 0 Å². The molecule has 2 rings (SSSR count). The molecule has 1 aliphatic rings. The van der Waals surface area contributed by atoms with Gasteiger partial charge in [-0.1, -0.05) is 6.07 Å². The van der Waals surface area contributed by atoms with Crippen molar-refractivity contribution < 1.29 is 23.5 Å². The van der Waals surface area contributed by atoms with Gasteiger partial charge < -0.3 is 9.47 Å². The molecule has 90 valence electrons. The van der Waals surface area contributed by atoms with Gasteiger partial charge in [-0.2, -0.15) is 0 Å². The summed E-state index contributed by atoms with van der Waals surface area (Å²) < 4.78 is 23.2. The van der Waals surface area contributed by atoms with E-state index in [-0.39, 0.29) is 17.5 Å². The summed E-state index contributed by atoms with van der Waals surface area (Å²) in [5.74, 6) is -1.92. The van der Waals surface area contributed by atoms with E-state index in [0.29, 0.717) is 0 Å². The van der Waals surface area contributed by atoms with Crippen LogP contribution in [0, 0.1) is 5.82 Å². The smallest absolute Gasteiger partial charge is 0.350 e. The molecule has 1 atom stereocenters. The molecule has 0 N–H and O–H groups in total. The normalized spacial score (nSPS) is 22.6. The molecule has 1 aromatic carbocycles. The van der Waals surface area contributed by atoms with Crippen molar-refractivity contribution in [1.29, 1.82) is 0 Å². The molecular formula is C12H11FO4. The molecule has 4 nitrogen and oxygen atoms in total. The summed E-state index contributed by atoms with van der Waals surface area (Å²) in [5.41, 5.74) is -1.11. The molecule has 17 heavy (non-hydrogen) atoms. The highest BCUT2D eigenvalue weighted by Gasteiger charge is 2.44. The van der Waals surface area contributed by atoms with Gasteiger partial charge in [0, 0.05) is 12.0 Å². The van der Waals surface area contributed by atoms with Crippen LogP contribution in [-0.2, 0) is 20.7 Å². The van der Waals surface area contributed by atoms with Crippen LogP contribution >= 0.6 is 0 Å². The SMILES string of the molecule is COC(=O)C1(C)Cc2c(F)cccc2C(=O)O1. The second-order valence-electron chi connectivity index (χ2n) is 4.05. The number of hydrogen-bond donors (Lipinski definition) is 0. The van der Waals surface area contributed by atoms with Gasteiger partial charge in [-0.15, -0.1) is 0 Å². The number of methoxy groups -OCH3 is 1. The number of esters is 2. The van der Waals surface area contributed by atoms with Crippen LogP contribution in [-0.4, -0.2) is 24.6 Å². The van der Waals surface area contributed by atoms with Crippen LogP contribution < -0.4 is 0 Å². The maximum atomic E-state index is 13.6. The van der Waals surface area contributed by atoms with Gasteiger partial charge in [-0.25, -0.2) is 14.0 Å². The molecular weight excluding hydrogens is 227 g/mol. The van der Waals surface area contributed by atoms with E-state index >= 15 is 0 Å². The Morgan fingerprint density at radius 1 is 1.53 bits per heavy atom. The number of carbonyl (C=O) groups is 2. The Hall–Kier alpha value is -1.91. The molecule has 0 bridgehead atoms. The lowest BCUT2D eigenvalue weighted by molar-refractivity contribution is -0.161. The van der Waals surface area contributed by atoms with Gasteiger partial charge in [0.1, 0.15) is 5.82 Å². The Bertz CT molecular complexity index is 497. The Morgan fingerprint density at radius 3 is 2.88 bits per heavy atom. The predicted octanol–water partition coefficient (Wildman–Crippen LogP) is 1.47. The average Bonchev–Trinajstić information content (AvgIpc) is 2.29. The number of halogens is 1. The molecule has 0 aromatic heterocycles. The van der Waals surface area contributed by atoms with Crippen molar-refractivity contribution in [3.63, 3.8) is 0 Å². The highest BCUT2D eigenvalue weighted by molar-refractivity contribution is 5.96. The first-order valence-electron chi connectivity index (χ1n) is 5.07. The molecule has 0 amide bonds. The summed E-state index contributed by atoms with van der Waals surface area (Å²) in [6.07, 6.45) is -0.0204. The highest BCUT2D eigenvalue weighted by atomic mass is 19.1. The van der Waals surface area contributed by atoms with E-state index in [1.807, 2.05) is 0 Å². The Balaban J connectivity index is 2.49. The largest absolute Gasteiger partial charge is 0.466 e.